The highest BCUT2D eigenvalue weighted by molar-refractivity contribution is 4.92. The zero-order valence-corrected chi connectivity index (χ0v) is 9.27. The molecule has 0 heterocycles. The maximum Gasteiger partial charge on any atom is 0.00966 e. The van der Waals surface area contributed by atoms with E-state index in [1.165, 1.54) is 19.3 Å². The fraction of sp³-hybridized carbons (Fsp3) is 1.00. The second-order valence-electron chi connectivity index (χ2n) is 4.61. The van der Waals surface area contributed by atoms with E-state index in [1.807, 2.05) is 0 Å². The molecule has 0 aromatic carbocycles. The molecule has 78 valence electrons. The number of hydrogen-bond donors (Lipinski definition) is 2. The minimum Gasteiger partial charge on any atom is -0.330 e. The van der Waals surface area contributed by atoms with Gasteiger partial charge in [-0.15, -0.1) is 0 Å². The first kappa shape index (κ1) is 11.0. The van der Waals surface area contributed by atoms with E-state index in [-0.39, 0.29) is 0 Å². The summed E-state index contributed by atoms with van der Waals surface area (Å²) in [5, 5.41) is 3.62. The lowest BCUT2D eigenvalue weighted by Gasteiger charge is -2.30. The van der Waals surface area contributed by atoms with Gasteiger partial charge in [-0.25, -0.2) is 0 Å². The molecule has 0 spiro atoms. The molecule has 0 aromatic heterocycles. The average molecular weight is 184 g/mol. The third-order valence-electron chi connectivity index (χ3n) is 3.78. The molecule has 2 nitrogen and oxygen atoms in total. The van der Waals surface area contributed by atoms with E-state index in [0.29, 0.717) is 5.41 Å². The van der Waals surface area contributed by atoms with Crippen molar-refractivity contribution in [2.24, 2.45) is 17.1 Å². The molecule has 0 bridgehead atoms. The lowest BCUT2D eigenvalue weighted by atomic mass is 9.82. The topological polar surface area (TPSA) is 38.0 Å². The normalized spacial score (nSPS) is 27.7. The highest BCUT2D eigenvalue weighted by Crippen LogP contribution is 2.31. The first-order valence-corrected chi connectivity index (χ1v) is 5.61. The van der Waals surface area contributed by atoms with Gasteiger partial charge in [0.2, 0.25) is 0 Å². The van der Waals surface area contributed by atoms with E-state index >= 15 is 0 Å². The molecule has 0 amide bonds. The van der Waals surface area contributed by atoms with Gasteiger partial charge >= 0.3 is 0 Å². The third-order valence-corrected chi connectivity index (χ3v) is 3.78. The lowest BCUT2D eigenvalue weighted by molar-refractivity contribution is 0.257. The molecule has 2 atom stereocenters. The fourth-order valence-corrected chi connectivity index (χ4v) is 1.81. The van der Waals surface area contributed by atoms with Gasteiger partial charge in [-0.2, -0.15) is 0 Å². The molecule has 1 aliphatic carbocycles. The first-order valence-electron chi connectivity index (χ1n) is 5.61. The van der Waals surface area contributed by atoms with Crippen molar-refractivity contribution in [3.8, 4) is 0 Å². The van der Waals surface area contributed by atoms with Crippen molar-refractivity contribution >= 4 is 0 Å². The molecule has 0 saturated heterocycles. The maximum atomic E-state index is 5.83. The molecule has 1 fully saturated rings. The van der Waals surface area contributed by atoms with Crippen molar-refractivity contribution in [2.45, 2.75) is 46.1 Å². The van der Waals surface area contributed by atoms with Crippen LogP contribution in [-0.4, -0.2) is 19.1 Å². The summed E-state index contributed by atoms with van der Waals surface area (Å²) in [4.78, 5) is 0. The smallest absolute Gasteiger partial charge is 0.00966 e. The molecular weight excluding hydrogens is 160 g/mol. The Balaban J connectivity index is 2.29. The van der Waals surface area contributed by atoms with E-state index in [1.54, 1.807) is 0 Å². The summed E-state index contributed by atoms with van der Waals surface area (Å²) in [7, 11) is 0. The molecule has 1 saturated carbocycles. The average Bonchev–Trinajstić information content (AvgIpc) is 2.86. The van der Waals surface area contributed by atoms with Crippen molar-refractivity contribution in [3.63, 3.8) is 0 Å². The highest BCUT2D eigenvalue weighted by Gasteiger charge is 2.34. The van der Waals surface area contributed by atoms with Crippen LogP contribution in [0, 0.1) is 11.3 Å². The SMILES string of the molecule is CCC(CC)(CN)CNC1CC1C. The van der Waals surface area contributed by atoms with E-state index < -0.39 is 0 Å². The molecule has 2 unspecified atom stereocenters. The standard InChI is InChI=1S/C11H24N2/c1-4-11(5-2,7-12)8-13-10-6-9(10)3/h9-10,13H,4-8,12H2,1-3H3. The van der Waals surface area contributed by atoms with Crippen LogP contribution in [0.3, 0.4) is 0 Å². The van der Waals surface area contributed by atoms with Crippen LogP contribution in [0.5, 0.6) is 0 Å². The zero-order valence-electron chi connectivity index (χ0n) is 9.27. The quantitative estimate of drug-likeness (QED) is 0.660. The number of rotatable bonds is 6. The summed E-state index contributed by atoms with van der Waals surface area (Å²) in [5.74, 6) is 0.893. The Hall–Kier alpha value is -0.0800. The van der Waals surface area contributed by atoms with Crippen LogP contribution in [0.4, 0.5) is 0 Å². The summed E-state index contributed by atoms with van der Waals surface area (Å²) in [6, 6.07) is 0.782. The largest absolute Gasteiger partial charge is 0.330 e. The Labute approximate surface area is 82.3 Å². The summed E-state index contributed by atoms with van der Waals surface area (Å²) in [6.45, 7) is 8.71. The van der Waals surface area contributed by atoms with Gasteiger partial charge in [0.05, 0.1) is 0 Å². The second kappa shape index (κ2) is 4.43. The first-order chi connectivity index (χ1) is 6.17. The van der Waals surface area contributed by atoms with Crippen LogP contribution in [0.2, 0.25) is 0 Å². The molecule has 3 N–H and O–H groups in total. The summed E-state index contributed by atoms with van der Waals surface area (Å²) in [6.07, 6.45) is 3.73. The van der Waals surface area contributed by atoms with Gasteiger partial charge in [-0.1, -0.05) is 20.8 Å². The Morgan fingerprint density at radius 1 is 1.38 bits per heavy atom. The van der Waals surface area contributed by atoms with Crippen LogP contribution in [0.15, 0.2) is 0 Å². The van der Waals surface area contributed by atoms with Gasteiger partial charge < -0.3 is 11.1 Å². The molecule has 0 aliphatic heterocycles. The predicted octanol–water partition coefficient (Wildman–Crippen LogP) is 1.75. The fourth-order valence-electron chi connectivity index (χ4n) is 1.81. The molecule has 0 radical (unpaired) electrons. The minimum absolute atomic E-state index is 0.350. The summed E-state index contributed by atoms with van der Waals surface area (Å²) >= 11 is 0. The van der Waals surface area contributed by atoms with Gasteiger partial charge in [0.1, 0.15) is 0 Å². The van der Waals surface area contributed by atoms with Crippen LogP contribution >= 0.6 is 0 Å². The summed E-state index contributed by atoms with van der Waals surface area (Å²) in [5.41, 5.74) is 6.18. The van der Waals surface area contributed by atoms with Crippen molar-refractivity contribution in [1.82, 2.24) is 5.32 Å². The van der Waals surface area contributed by atoms with Gasteiger partial charge in [0.25, 0.3) is 0 Å². The van der Waals surface area contributed by atoms with Crippen LogP contribution < -0.4 is 11.1 Å². The second-order valence-corrected chi connectivity index (χ2v) is 4.61. The van der Waals surface area contributed by atoms with Crippen molar-refractivity contribution in [1.29, 1.82) is 0 Å². The predicted molar refractivity (Wildman–Crippen MR) is 57.6 cm³/mol. The monoisotopic (exact) mass is 184 g/mol. The van der Waals surface area contributed by atoms with E-state index in [9.17, 15) is 0 Å². The molecule has 1 rings (SSSR count). The van der Waals surface area contributed by atoms with E-state index in [4.69, 9.17) is 5.73 Å². The summed E-state index contributed by atoms with van der Waals surface area (Å²) < 4.78 is 0. The Kier molecular flexibility index (Phi) is 3.74. The van der Waals surface area contributed by atoms with Crippen molar-refractivity contribution in [3.05, 3.63) is 0 Å². The number of nitrogens with two attached hydrogens (primary N) is 1. The Morgan fingerprint density at radius 3 is 2.23 bits per heavy atom. The molecular formula is C11H24N2. The maximum absolute atomic E-state index is 5.83. The van der Waals surface area contributed by atoms with Crippen molar-refractivity contribution in [2.75, 3.05) is 13.1 Å². The Morgan fingerprint density at radius 2 is 1.92 bits per heavy atom. The van der Waals surface area contributed by atoms with Gasteiger partial charge in [-0.05, 0) is 37.1 Å². The van der Waals surface area contributed by atoms with E-state index in [0.717, 1.165) is 25.0 Å². The minimum atomic E-state index is 0.350. The number of nitrogens with one attached hydrogen (secondary N) is 1. The van der Waals surface area contributed by atoms with Crippen LogP contribution in [-0.2, 0) is 0 Å². The Bertz CT molecular complexity index is 144. The van der Waals surface area contributed by atoms with Crippen LogP contribution in [0.25, 0.3) is 0 Å². The lowest BCUT2D eigenvalue weighted by Crippen LogP contribution is -2.40. The van der Waals surface area contributed by atoms with Gasteiger partial charge in [-0.3, -0.25) is 0 Å². The molecule has 13 heavy (non-hydrogen) atoms. The highest BCUT2D eigenvalue weighted by atomic mass is 15.0. The molecule has 2 heteroatoms. The molecule has 0 aromatic rings. The van der Waals surface area contributed by atoms with Gasteiger partial charge in [0.15, 0.2) is 0 Å². The third kappa shape index (κ3) is 2.68. The van der Waals surface area contributed by atoms with Crippen molar-refractivity contribution < 1.29 is 0 Å². The number of hydrogen-bond acceptors (Lipinski definition) is 2. The van der Waals surface area contributed by atoms with E-state index in [2.05, 4.69) is 26.1 Å². The zero-order chi connectivity index (χ0) is 9.90. The van der Waals surface area contributed by atoms with Crippen LogP contribution in [0.1, 0.15) is 40.0 Å². The molecule has 1 aliphatic rings. The van der Waals surface area contributed by atoms with Gasteiger partial charge in [0, 0.05) is 12.6 Å².